The van der Waals surface area contributed by atoms with E-state index >= 15 is 0 Å². The summed E-state index contributed by atoms with van der Waals surface area (Å²) in [6, 6.07) is 18.2. The first-order chi connectivity index (χ1) is 21.7. The van der Waals surface area contributed by atoms with E-state index in [4.69, 9.17) is 0 Å². The summed E-state index contributed by atoms with van der Waals surface area (Å²) in [5.74, 6) is 1.79. The number of likely N-dealkylation sites (tertiary alicyclic amines) is 1. The van der Waals surface area contributed by atoms with E-state index in [1.54, 1.807) is 16.5 Å². The van der Waals surface area contributed by atoms with E-state index in [2.05, 4.69) is 41.9 Å². The largest absolute Gasteiger partial charge is 0.390 e. The van der Waals surface area contributed by atoms with Crippen LogP contribution in [0.3, 0.4) is 0 Å². The van der Waals surface area contributed by atoms with Crippen molar-refractivity contribution in [3.05, 3.63) is 71.4 Å². The molecule has 0 spiro atoms. The van der Waals surface area contributed by atoms with Crippen molar-refractivity contribution in [2.24, 2.45) is 17.3 Å². The molecule has 2 aromatic carbocycles. The summed E-state index contributed by atoms with van der Waals surface area (Å²) in [6.45, 7) is 7.97. The molecule has 5 aliphatic rings. The van der Waals surface area contributed by atoms with Gasteiger partial charge in [-0.15, -0.1) is 0 Å². The third-order valence-corrected chi connectivity index (χ3v) is 12.8. The molecule has 2 aliphatic heterocycles. The van der Waals surface area contributed by atoms with Gasteiger partial charge in [0.1, 0.15) is 11.7 Å². The molecule has 0 radical (unpaired) electrons. The maximum Gasteiger partial charge on any atom is 0.273 e. The van der Waals surface area contributed by atoms with Gasteiger partial charge in [0.05, 0.1) is 11.1 Å². The summed E-state index contributed by atoms with van der Waals surface area (Å²) in [5.41, 5.74) is 5.03. The Balaban J connectivity index is 0.936. The number of hydrogen-bond acceptors (Lipinski definition) is 5. The number of benzene rings is 2. The van der Waals surface area contributed by atoms with Gasteiger partial charge in [0.2, 0.25) is 5.91 Å². The Kier molecular flexibility index (Phi) is 6.97. The molecule has 2 saturated heterocycles. The monoisotopic (exact) mass is 606 g/mol. The standard InChI is InChI=1S/C38H46N4O3/c1-37-17-15-28-29(31(37)16-18-38(37,2)45)13-10-25-9-12-27(24-30(25)28)40-20-22-41(23-21-40)36(44)34-8-5-19-42(34)35(43)33-14-11-26-6-3-4-7-32(26)39-33/h3-4,6-7,9,11-12,14,24,28-29,31,34,45H,5,8,10,13,15-23H2,1-2H3/t28-,29+,31-,34-,37-,38-/m0/s1. The number of anilines is 1. The minimum atomic E-state index is -0.544. The topological polar surface area (TPSA) is 77.0 Å². The van der Waals surface area contributed by atoms with Gasteiger partial charge in [0, 0.05) is 43.8 Å². The lowest BCUT2D eigenvalue weighted by Crippen LogP contribution is -2.54. The van der Waals surface area contributed by atoms with Crippen LogP contribution in [-0.4, -0.2) is 76.1 Å². The van der Waals surface area contributed by atoms with Crippen LogP contribution in [0.25, 0.3) is 10.9 Å². The lowest BCUT2D eigenvalue weighted by atomic mass is 9.53. The molecule has 3 aromatic rings. The first-order valence-corrected chi connectivity index (χ1v) is 17.3. The number of aromatic nitrogens is 1. The molecule has 3 heterocycles. The van der Waals surface area contributed by atoms with E-state index in [-0.39, 0.29) is 17.2 Å². The quantitative estimate of drug-likeness (QED) is 0.408. The van der Waals surface area contributed by atoms with Gasteiger partial charge in [-0.05, 0) is 117 Å². The lowest BCUT2D eigenvalue weighted by Gasteiger charge is -2.52. The van der Waals surface area contributed by atoms with Gasteiger partial charge in [-0.2, -0.15) is 0 Å². The van der Waals surface area contributed by atoms with E-state index in [0.29, 0.717) is 49.5 Å². The maximum atomic E-state index is 13.8. The summed E-state index contributed by atoms with van der Waals surface area (Å²) in [4.78, 5) is 38.1. The van der Waals surface area contributed by atoms with Crippen LogP contribution in [0.5, 0.6) is 0 Å². The molecular weight excluding hydrogens is 560 g/mol. The fourth-order valence-electron chi connectivity index (χ4n) is 9.99. The fourth-order valence-corrected chi connectivity index (χ4v) is 9.99. The second-order valence-electron chi connectivity index (χ2n) is 14.9. The SMILES string of the molecule is C[C@]1(O)CC[C@H]2[C@@H]3CCc4ccc(N5CCN(C(=O)[C@@H]6CCCN6C(=O)c6ccc7ccccc7n6)CC5)cc4[C@H]3CC[C@@]21C. The maximum absolute atomic E-state index is 13.8. The van der Waals surface area contributed by atoms with E-state index < -0.39 is 11.6 Å². The highest BCUT2D eigenvalue weighted by atomic mass is 16.3. The Labute approximate surface area is 266 Å². The van der Waals surface area contributed by atoms with Crippen LogP contribution in [0.2, 0.25) is 0 Å². The first kappa shape index (κ1) is 29.0. The van der Waals surface area contributed by atoms with Gasteiger partial charge in [0.15, 0.2) is 0 Å². The highest BCUT2D eigenvalue weighted by Gasteiger charge is 2.59. The van der Waals surface area contributed by atoms with Crippen molar-refractivity contribution in [2.75, 3.05) is 37.6 Å². The number of aryl methyl sites for hydroxylation is 1. The van der Waals surface area contributed by atoms with Gasteiger partial charge in [-0.1, -0.05) is 37.3 Å². The van der Waals surface area contributed by atoms with Crippen LogP contribution in [0.4, 0.5) is 5.69 Å². The van der Waals surface area contributed by atoms with E-state index in [9.17, 15) is 14.7 Å². The fraction of sp³-hybridized carbons (Fsp3) is 0.553. The van der Waals surface area contributed by atoms with Crippen molar-refractivity contribution < 1.29 is 14.7 Å². The highest BCUT2D eigenvalue weighted by Crippen LogP contribution is 2.64. The third kappa shape index (κ3) is 4.67. The average molecular weight is 607 g/mol. The van der Waals surface area contributed by atoms with Crippen LogP contribution < -0.4 is 4.90 Å². The van der Waals surface area contributed by atoms with E-state index in [0.717, 1.165) is 62.5 Å². The van der Waals surface area contributed by atoms with Crippen LogP contribution >= 0.6 is 0 Å². The Bertz CT molecular complexity index is 1640. The number of fused-ring (bicyclic) bond motifs is 6. The molecule has 0 unspecified atom stereocenters. The van der Waals surface area contributed by atoms with Crippen molar-refractivity contribution in [3.63, 3.8) is 0 Å². The first-order valence-electron chi connectivity index (χ1n) is 17.3. The molecule has 8 rings (SSSR count). The van der Waals surface area contributed by atoms with Crippen LogP contribution in [-0.2, 0) is 11.2 Å². The van der Waals surface area contributed by atoms with Gasteiger partial charge < -0.3 is 19.8 Å². The predicted molar refractivity (Wildman–Crippen MR) is 176 cm³/mol. The number of carbonyl (C=O) groups is 2. The van der Waals surface area contributed by atoms with Gasteiger partial charge in [-0.3, -0.25) is 9.59 Å². The minimum absolute atomic E-state index is 0.0393. The molecule has 1 N–H and O–H groups in total. The third-order valence-electron chi connectivity index (χ3n) is 12.8. The van der Waals surface area contributed by atoms with Gasteiger partial charge >= 0.3 is 0 Å². The molecule has 3 aliphatic carbocycles. The highest BCUT2D eigenvalue weighted by molar-refractivity contribution is 5.98. The van der Waals surface area contributed by atoms with Crippen molar-refractivity contribution >= 4 is 28.4 Å². The number of nitrogens with zero attached hydrogens (tertiary/aromatic N) is 4. The normalized spacial score (nSPS) is 32.7. The summed E-state index contributed by atoms with van der Waals surface area (Å²) in [5, 5.41) is 12.3. The number of amides is 2. The Morgan fingerprint density at radius 3 is 2.56 bits per heavy atom. The van der Waals surface area contributed by atoms with Crippen molar-refractivity contribution in [3.8, 4) is 0 Å². The predicted octanol–water partition coefficient (Wildman–Crippen LogP) is 5.80. The van der Waals surface area contributed by atoms with Crippen LogP contribution in [0.1, 0.15) is 86.3 Å². The molecule has 1 aromatic heterocycles. The number of hydrogen-bond donors (Lipinski definition) is 1. The van der Waals surface area contributed by atoms with Crippen molar-refractivity contribution in [2.45, 2.75) is 82.8 Å². The molecule has 2 saturated carbocycles. The van der Waals surface area contributed by atoms with Crippen LogP contribution in [0, 0.1) is 17.3 Å². The minimum Gasteiger partial charge on any atom is -0.390 e. The lowest BCUT2D eigenvalue weighted by molar-refractivity contribution is -0.135. The smallest absolute Gasteiger partial charge is 0.273 e. The molecule has 4 fully saturated rings. The van der Waals surface area contributed by atoms with Crippen LogP contribution in [0.15, 0.2) is 54.6 Å². The summed E-state index contributed by atoms with van der Waals surface area (Å²) in [7, 11) is 0. The van der Waals surface area contributed by atoms with E-state index in [1.165, 1.54) is 17.7 Å². The molecule has 236 valence electrons. The van der Waals surface area contributed by atoms with E-state index in [1.807, 2.05) is 35.2 Å². The Hall–Kier alpha value is -3.45. The zero-order chi connectivity index (χ0) is 30.9. The number of rotatable bonds is 3. The number of carbonyl (C=O) groups excluding carboxylic acids is 2. The summed E-state index contributed by atoms with van der Waals surface area (Å²) < 4.78 is 0. The zero-order valence-electron chi connectivity index (χ0n) is 26.8. The zero-order valence-corrected chi connectivity index (χ0v) is 26.8. The molecule has 0 bridgehead atoms. The average Bonchev–Trinajstić information content (AvgIpc) is 3.65. The summed E-state index contributed by atoms with van der Waals surface area (Å²) in [6.07, 6.45) is 8.28. The van der Waals surface area contributed by atoms with Crippen molar-refractivity contribution in [1.82, 2.24) is 14.8 Å². The molecule has 7 heteroatoms. The number of aliphatic hydroxyl groups is 1. The second-order valence-corrected chi connectivity index (χ2v) is 14.9. The van der Waals surface area contributed by atoms with Gasteiger partial charge in [0.25, 0.3) is 5.91 Å². The number of piperazine rings is 1. The number of pyridine rings is 1. The molecular formula is C38H46N4O3. The molecule has 6 atom stereocenters. The summed E-state index contributed by atoms with van der Waals surface area (Å²) >= 11 is 0. The second kappa shape index (κ2) is 10.8. The molecule has 45 heavy (non-hydrogen) atoms. The van der Waals surface area contributed by atoms with Crippen molar-refractivity contribution in [1.29, 1.82) is 0 Å². The Morgan fingerprint density at radius 2 is 1.71 bits per heavy atom. The molecule has 2 amide bonds. The van der Waals surface area contributed by atoms with Gasteiger partial charge in [-0.25, -0.2) is 4.98 Å². The Morgan fingerprint density at radius 1 is 0.889 bits per heavy atom. The molecule has 7 nitrogen and oxygen atoms in total. The number of para-hydroxylation sites is 1.